The Hall–Kier alpha value is -0.410. The molecular weight excluding hydrogens is 194 g/mol. The monoisotopic (exact) mass is 213 g/mol. The van der Waals surface area contributed by atoms with Crippen LogP contribution in [0.25, 0.3) is 0 Å². The third-order valence-corrected chi connectivity index (χ3v) is 2.49. The van der Waals surface area contributed by atoms with E-state index in [2.05, 4.69) is 37.9 Å². The van der Waals surface area contributed by atoms with Crippen molar-refractivity contribution < 1.29 is 4.42 Å². The van der Waals surface area contributed by atoms with Gasteiger partial charge >= 0.3 is 0 Å². The fourth-order valence-electron chi connectivity index (χ4n) is 1.37. The minimum atomic E-state index is 0.0528. The predicted molar refractivity (Wildman–Crippen MR) is 63.2 cm³/mol. The van der Waals surface area contributed by atoms with Crippen LogP contribution >= 0.6 is 12.6 Å². The molecule has 1 heterocycles. The molecular formula is C11H19NOS. The van der Waals surface area contributed by atoms with Gasteiger partial charge in [-0.3, -0.25) is 0 Å². The van der Waals surface area contributed by atoms with Gasteiger partial charge in [0.2, 0.25) is 0 Å². The lowest BCUT2D eigenvalue weighted by atomic mass is 9.90. The SMILES string of the molecule is Cc1ccc(C(C)(C)CNCCS)o1. The highest BCUT2D eigenvalue weighted by atomic mass is 32.1. The van der Waals surface area contributed by atoms with E-state index in [0.29, 0.717) is 0 Å². The van der Waals surface area contributed by atoms with Gasteiger partial charge in [0.1, 0.15) is 11.5 Å². The second-order valence-electron chi connectivity index (χ2n) is 4.19. The van der Waals surface area contributed by atoms with Crippen LogP contribution in [0.4, 0.5) is 0 Å². The molecule has 0 saturated carbocycles. The van der Waals surface area contributed by atoms with Gasteiger partial charge in [-0.15, -0.1) is 0 Å². The Morgan fingerprint density at radius 3 is 2.64 bits per heavy atom. The summed E-state index contributed by atoms with van der Waals surface area (Å²) in [6.45, 7) is 8.18. The molecule has 0 bridgehead atoms. The van der Waals surface area contributed by atoms with Crippen molar-refractivity contribution in [3.8, 4) is 0 Å². The minimum Gasteiger partial charge on any atom is -0.466 e. The van der Waals surface area contributed by atoms with Crippen molar-refractivity contribution in [2.45, 2.75) is 26.2 Å². The molecule has 80 valence electrons. The van der Waals surface area contributed by atoms with Crippen molar-refractivity contribution in [1.29, 1.82) is 0 Å². The normalized spacial score (nSPS) is 12.0. The largest absolute Gasteiger partial charge is 0.466 e. The van der Waals surface area contributed by atoms with Gasteiger partial charge in [-0.2, -0.15) is 12.6 Å². The van der Waals surface area contributed by atoms with Crippen LogP contribution in [0.3, 0.4) is 0 Å². The Balaban J connectivity index is 2.56. The molecule has 0 aliphatic rings. The van der Waals surface area contributed by atoms with Gasteiger partial charge in [0, 0.05) is 24.3 Å². The third kappa shape index (κ3) is 3.07. The minimum absolute atomic E-state index is 0.0528. The predicted octanol–water partition coefficient (Wildman–Crippen LogP) is 2.39. The van der Waals surface area contributed by atoms with E-state index in [4.69, 9.17) is 4.42 Å². The van der Waals surface area contributed by atoms with Crippen molar-refractivity contribution >= 4 is 12.6 Å². The number of thiol groups is 1. The van der Waals surface area contributed by atoms with Gasteiger partial charge < -0.3 is 9.73 Å². The summed E-state index contributed by atoms with van der Waals surface area (Å²) >= 11 is 4.16. The van der Waals surface area contributed by atoms with Crippen molar-refractivity contribution in [1.82, 2.24) is 5.32 Å². The van der Waals surface area contributed by atoms with E-state index in [1.54, 1.807) is 0 Å². The maximum Gasteiger partial charge on any atom is 0.111 e. The lowest BCUT2D eigenvalue weighted by molar-refractivity contribution is 0.360. The van der Waals surface area contributed by atoms with Crippen LogP contribution in [0, 0.1) is 6.92 Å². The Morgan fingerprint density at radius 2 is 2.14 bits per heavy atom. The highest BCUT2D eigenvalue weighted by molar-refractivity contribution is 7.80. The zero-order chi connectivity index (χ0) is 10.6. The molecule has 0 aliphatic carbocycles. The smallest absolute Gasteiger partial charge is 0.111 e. The lowest BCUT2D eigenvalue weighted by Gasteiger charge is -2.22. The van der Waals surface area contributed by atoms with Crippen LogP contribution in [-0.2, 0) is 5.41 Å². The van der Waals surface area contributed by atoms with E-state index in [0.717, 1.165) is 30.4 Å². The summed E-state index contributed by atoms with van der Waals surface area (Å²) in [5.41, 5.74) is 0.0528. The molecule has 0 aromatic carbocycles. The molecule has 3 heteroatoms. The first-order chi connectivity index (χ1) is 6.56. The summed E-state index contributed by atoms with van der Waals surface area (Å²) in [6, 6.07) is 4.06. The molecule has 0 fully saturated rings. The van der Waals surface area contributed by atoms with Crippen LogP contribution in [0.1, 0.15) is 25.4 Å². The summed E-state index contributed by atoms with van der Waals surface area (Å²) in [5.74, 6) is 2.89. The average molecular weight is 213 g/mol. The summed E-state index contributed by atoms with van der Waals surface area (Å²) in [5, 5.41) is 3.35. The first kappa shape index (κ1) is 11.7. The zero-order valence-electron chi connectivity index (χ0n) is 9.13. The molecule has 0 unspecified atom stereocenters. The lowest BCUT2D eigenvalue weighted by Crippen LogP contribution is -2.33. The number of furan rings is 1. The van der Waals surface area contributed by atoms with Crippen LogP contribution in [0.15, 0.2) is 16.5 Å². The Kier molecular flexibility index (Phi) is 4.08. The van der Waals surface area contributed by atoms with E-state index in [1.807, 2.05) is 13.0 Å². The third-order valence-electron chi connectivity index (χ3n) is 2.26. The number of hydrogen-bond donors (Lipinski definition) is 2. The fraction of sp³-hybridized carbons (Fsp3) is 0.636. The van der Waals surface area contributed by atoms with E-state index in [9.17, 15) is 0 Å². The van der Waals surface area contributed by atoms with Crippen molar-refractivity contribution in [3.05, 3.63) is 23.7 Å². The van der Waals surface area contributed by atoms with E-state index in [1.165, 1.54) is 0 Å². The van der Waals surface area contributed by atoms with Crippen LogP contribution in [0.2, 0.25) is 0 Å². The highest BCUT2D eigenvalue weighted by Crippen LogP contribution is 2.24. The number of rotatable bonds is 5. The summed E-state index contributed by atoms with van der Waals surface area (Å²) in [7, 11) is 0. The van der Waals surface area contributed by atoms with Gasteiger partial charge in [-0.1, -0.05) is 13.8 Å². The van der Waals surface area contributed by atoms with Crippen LogP contribution < -0.4 is 5.32 Å². The number of aryl methyl sites for hydroxylation is 1. The van der Waals surface area contributed by atoms with Gasteiger partial charge in [0.25, 0.3) is 0 Å². The first-order valence-corrected chi connectivity index (χ1v) is 5.58. The summed E-state index contributed by atoms with van der Waals surface area (Å²) in [6.07, 6.45) is 0. The first-order valence-electron chi connectivity index (χ1n) is 4.95. The molecule has 0 atom stereocenters. The summed E-state index contributed by atoms with van der Waals surface area (Å²) in [4.78, 5) is 0. The van der Waals surface area contributed by atoms with Gasteiger partial charge in [0.15, 0.2) is 0 Å². The number of hydrogen-bond acceptors (Lipinski definition) is 3. The molecule has 1 aromatic heterocycles. The van der Waals surface area contributed by atoms with Crippen molar-refractivity contribution in [2.75, 3.05) is 18.8 Å². The van der Waals surface area contributed by atoms with E-state index >= 15 is 0 Å². The van der Waals surface area contributed by atoms with E-state index in [-0.39, 0.29) is 5.41 Å². The standard InChI is InChI=1S/C11H19NOS/c1-9-4-5-10(13-9)11(2,3)8-12-6-7-14/h4-5,12,14H,6-8H2,1-3H3. The van der Waals surface area contributed by atoms with Gasteiger partial charge in [-0.05, 0) is 19.1 Å². The molecule has 0 radical (unpaired) electrons. The van der Waals surface area contributed by atoms with Gasteiger partial charge in [0.05, 0.1) is 0 Å². The molecule has 1 aromatic rings. The Morgan fingerprint density at radius 1 is 1.43 bits per heavy atom. The summed E-state index contributed by atoms with van der Waals surface area (Å²) < 4.78 is 5.62. The van der Waals surface area contributed by atoms with E-state index < -0.39 is 0 Å². The molecule has 0 spiro atoms. The zero-order valence-corrected chi connectivity index (χ0v) is 10.0. The Labute approximate surface area is 91.5 Å². The highest BCUT2D eigenvalue weighted by Gasteiger charge is 2.23. The van der Waals surface area contributed by atoms with Crippen LogP contribution in [0.5, 0.6) is 0 Å². The van der Waals surface area contributed by atoms with Crippen molar-refractivity contribution in [2.24, 2.45) is 0 Å². The molecule has 2 nitrogen and oxygen atoms in total. The van der Waals surface area contributed by atoms with Crippen LogP contribution in [-0.4, -0.2) is 18.8 Å². The second-order valence-corrected chi connectivity index (χ2v) is 4.64. The number of nitrogens with one attached hydrogen (secondary N) is 1. The van der Waals surface area contributed by atoms with Gasteiger partial charge in [-0.25, -0.2) is 0 Å². The van der Waals surface area contributed by atoms with Crippen molar-refractivity contribution in [3.63, 3.8) is 0 Å². The molecule has 1 N–H and O–H groups in total. The molecule has 1 rings (SSSR count). The molecule has 0 amide bonds. The fourth-order valence-corrected chi connectivity index (χ4v) is 1.52. The second kappa shape index (κ2) is 4.89. The topological polar surface area (TPSA) is 25.2 Å². The quantitative estimate of drug-likeness (QED) is 0.580. The molecule has 0 saturated heterocycles. The molecule has 14 heavy (non-hydrogen) atoms. The Bertz CT molecular complexity index is 281. The molecule has 0 aliphatic heterocycles. The maximum absolute atomic E-state index is 5.62. The maximum atomic E-state index is 5.62. The average Bonchev–Trinajstić information content (AvgIpc) is 2.53.